The minimum absolute atomic E-state index is 0.197. The van der Waals surface area contributed by atoms with Crippen molar-refractivity contribution < 1.29 is 15.0 Å². The largest absolute Gasteiger partial charge is 0.504 e. The van der Waals surface area contributed by atoms with E-state index in [2.05, 4.69) is 25.5 Å². The normalized spacial score (nSPS) is 10.8. The molecule has 1 amide bonds. The van der Waals surface area contributed by atoms with E-state index in [0.29, 0.717) is 5.69 Å². The van der Waals surface area contributed by atoms with Gasteiger partial charge in [-0.2, -0.15) is 5.10 Å². The number of amides is 1. The lowest BCUT2D eigenvalue weighted by Crippen LogP contribution is -2.27. The van der Waals surface area contributed by atoms with Gasteiger partial charge in [0.05, 0.1) is 6.21 Å². The Morgan fingerprint density at radius 2 is 2.00 bits per heavy atom. The molecule has 0 bridgehead atoms. The molecule has 0 fully saturated rings. The van der Waals surface area contributed by atoms with E-state index in [4.69, 9.17) is 0 Å². The summed E-state index contributed by atoms with van der Waals surface area (Å²) < 4.78 is 0. The molecule has 3 aromatic rings. The zero-order valence-corrected chi connectivity index (χ0v) is 13.2. The second kappa shape index (κ2) is 7.26. The maximum Gasteiger partial charge on any atom is 0.278 e. The van der Waals surface area contributed by atoms with Gasteiger partial charge in [-0.05, 0) is 24.3 Å². The zero-order chi connectivity index (χ0) is 18.5. The Kier molecular flexibility index (Phi) is 4.70. The minimum atomic E-state index is -0.776. The van der Waals surface area contributed by atoms with Crippen molar-refractivity contribution in [2.45, 2.75) is 0 Å². The Balaban J connectivity index is 1.75. The number of pyridine rings is 1. The lowest BCUT2D eigenvalue weighted by Gasteiger charge is -2.03. The second-order valence-electron chi connectivity index (χ2n) is 5.10. The summed E-state index contributed by atoms with van der Waals surface area (Å²) in [7, 11) is 0. The molecule has 26 heavy (non-hydrogen) atoms. The van der Waals surface area contributed by atoms with E-state index in [1.54, 1.807) is 24.4 Å². The summed E-state index contributed by atoms with van der Waals surface area (Å²) in [6.45, 7) is 0. The Labute approximate surface area is 146 Å². The van der Waals surface area contributed by atoms with Crippen molar-refractivity contribution in [2.24, 2.45) is 5.10 Å². The molecule has 2 heterocycles. The van der Waals surface area contributed by atoms with E-state index >= 15 is 0 Å². The molecule has 9 heteroatoms. The molecule has 3 rings (SSSR count). The summed E-state index contributed by atoms with van der Waals surface area (Å²) in [6.07, 6.45) is 3.82. The highest BCUT2D eigenvalue weighted by atomic mass is 16.3. The van der Waals surface area contributed by atoms with Crippen LogP contribution in [0.4, 0.5) is 0 Å². The number of hydrogen-bond acceptors (Lipinski definition) is 7. The van der Waals surface area contributed by atoms with E-state index in [0.717, 1.165) is 12.4 Å². The quantitative estimate of drug-likeness (QED) is 0.314. The number of aromatic hydroxyl groups is 2. The Morgan fingerprint density at radius 1 is 1.15 bits per heavy atom. The number of nitrogens with one attached hydrogen (secondary N) is 2. The average molecular weight is 351 g/mol. The Morgan fingerprint density at radius 3 is 2.73 bits per heavy atom. The summed E-state index contributed by atoms with van der Waals surface area (Å²) in [4.78, 5) is 34.7. The van der Waals surface area contributed by atoms with E-state index in [9.17, 15) is 19.8 Å². The number of hydrogen-bond donors (Lipinski definition) is 4. The number of benzene rings is 1. The molecule has 130 valence electrons. The van der Waals surface area contributed by atoms with Gasteiger partial charge in [0.25, 0.3) is 11.5 Å². The van der Waals surface area contributed by atoms with Crippen LogP contribution in [0.2, 0.25) is 0 Å². The van der Waals surface area contributed by atoms with Crippen LogP contribution in [0.1, 0.15) is 15.9 Å². The molecule has 0 atom stereocenters. The highest BCUT2D eigenvalue weighted by Gasteiger charge is 2.12. The maximum atomic E-state index is 12.1. The van der Waals surface area contributed by atoms with Crippen molar-refractivity contribution in [3.63, 3.8) is 0 Å². The van der Waals surface area contributed by atoms with E-state index in [1.165, 1.54) is 18.2 Å². The van der Waals surface area contributed by atoms with Crippen LogP contribution >= 0.6 is 0 Å². The van der Waals surface area contributed by atoms with Gasteiger partial charge in [-0.3, -0.25) is 14.6 Å². The molecule has 0 aliphatic carbocycles. The van der Waals surface area contributed by atoms with Crippen molar-refractivity contribution in [1.82, 2.24) is 20.4 Å². The summed E-state index contributed by atoms with van der Waals surface area (Å²) in [5, 5.41) is 22.7. The number of para-hydroxylation sites is 1. The SMILES string of the molecule is O=C(N/N=C/c1cccc(O)c1O)c1cnc(-c2ccccn2)[nH]c1=O. The van der Waals surface area contributed by atoms with Gasteiger partial charge in [0, 0.05) is 18.0 Å². The molecule has 1 aromatic carbocycles. The number of rotatable bonds is 4. The Bertz CT molecular complexity index is 1030. The number of phenolic OH excluding ortho intramolecular Hbond substituents is 2. The number of aromatic amines is 1. The third-order valence-electron chi connectivity index (χ3n) is 3.37. The predicted molar refractivity (Wildman–Crippen MR) is 92.9 cm³/mol. The van der Waals surface area contributed by atoms with Crippen LogP contribution in [-0.4, -0.2) is 37.3 Å². The number of hydrazone groups is 1. The lowest BCUT2D eigenvalue weighted by atomic mass is 10.2. The fourth-order valence-electron chi connectivity index (χ4n) is 2.06. The molecular formula is C17H13N5O4. The fraction of sp³-hybridized carbons (Fsp3) is 0. The maximum absolute atomic E-state index is 12.1. The summed E-state index contributed by atoms with van der Waals surface area (Å²) in [5.74, 6) is -1.22. The fourth-order valence-corrected chi connectivity index (χ4v) is 2.06. The van der Waals surface area contributed by atoms with Crippen molar-refractivity contribution in [2.75, 3.05) is 0 Å². The average Bonchev–Trinajstić information content (AvgIpc) is 2.65. The third-order valence-corrected chi connectivity index (χ3v) is 3.37. The third kappa shape index (κ3) is 3.56. The van der Waals surface area contributed by atoms with Crippen LogP contribution in [0.25, 0.3) is 11.5 Å². The van der Waals surface area contributed by atoms with Crippen LogP contribution in [0, 0.1) is 0 Å². The summed E-state index contributed by atoms with van der Waals surface area (Å²) in [5.41, 5.74) is 1.94. The molecule has 0 radical (unpaired) electrons. The van der Waals surface area contributed by atoms with Crippen LogP contribution in [-0.2, 0) is 0 Å². The van der Waals surface area contributed by atoms with Crippen LogP contribution in [0.3, 0.4) is 0 Å². The molecular weight excluding hydrogens is 338 g/mol. The molecule has 2 aromatic heterocycles. The van der Waals surface area contributed by atoms with Crippen molar-refractivity contribution in [3.05, 3.63) is 70.3 Å². The van der Waals surface area contributed by atoms with Crippen LogP contribution in [0.15, 0.2) is 58.7 Å². The van der Waals surface area contributed by atoms with Crippen LogP contribution < -0.4 is 11.0 Å². The molecule has 0 aliphatic heterocycles. The highest BCUT2D eigenvalue weighted by Crippen LogP contribution is 2.26. The van der Waals surface area contributed by atoms with Gasteiger partial charge in [0.1, 0.15) is 11.3 Å². The predicted octanol–water partition coefficient (Wildman–Crippen LogP) is 1.01. The van der Waals surface area contributed by atoms with Crippen molar-refractivity contribution >= 4 is 12.1 Å². The molecule has 0 saturated heterocycles. The molecule has 0 aliphatic rings. The molecule has 9 nitrogen and oxygen atoms in total. The highest BCUT2D eigenvalue weighted by molar-refractivity contribution is 5.94. The van der Waals surface area contributed by atoms with Gasteiger partial charge in [-0.1, -0.05) is 12.1 Å². The van der Waals surface area contributed by atoms with Gasteiger partial charge in [0.15, 0.2) is 17.3 Å². The lowest BCUT2D eigenvalue weighted by molar-refractivity contribution is 0.0953. The molecule has 0 saturated carbocycles. The van der Waals surface area contributed by atoms with Gasteiger partial charge >= 0.3 is 0 Å². The number of carbonyl (C=O) groups excluding carboxylic acids is 1. The van der Waals surface area contributed by atoms with Gasteiger partial charge in [-0.15, -0.1) is 0 Å². The number of H-pyrrole nitrogens is 1. The zero-order valence-electron chi connectivity index (χ0n) is 13.2. The number of phenols is 2. The van der Waals surface area contributed by atoms with Crippen molar-refractivity contribution in [3.8, 4) is 23.0 Å². The monoisotopic (exact) mass is 351 g/mol. The second-order valence-corrected chi connectivity index (χ2v) is 5.10. The van der Waals surface area contributed by atoms with Gasteiger partial charge in [-0.25, -0.2) is 10.4 Å². The smallest absolute Gasteiger partial charge is 0.278 e. The number of carbonyl (C=O) groups is 1. The van der Waals surface area contributed by atoms with Gasteiger partial charge in [0.2, 0.25) is 0 Å². The first-order valence-corrected chi connectivity index (χ1v) is 7.41. The standard InChI is InChI=1S/C17H13N5O4/c23-13-6-3-4-10(14(13)24)8-20-22-17(26)11-9-19-15(21-16(11)25)12-5-1-2-7-18-12/h1-9,23-24H,(H,22,26)(H,19,21,25)/b20-8+. The van der Waals surface area contributed by atoms with E-state index < -0.39 is 11.5 Å². The number of nitrogens with zero attached hydrogens (tertiary/aromatic N) is 3. The first-order valence-electron chi connectivity index (χ1n) is 7.41. The summed E-state index contributed by atoms with van der Waals surface area (Å²) >= 11 is 0. The van der Waals surface area contributed by atoms with Gasteiger partial charge < -0.3 is 15.2 Å². The minimum Gasteiger partial charge on any atom is -0.504 e. The topological polar surface area (TPSA) is 141 Å². The molecule has 4 N–H and O–H groups in total. The Hall–Kier alpha value is -4.01. The summed E-state index contributed by atoms with van der Waals surface area (Å²) in [6, 6.07) is 9.44. The van der Waals surface area contributed by atoms with Crippen molar-refractivity contribution in [1.29, 1.82) is 0 Å². The first-order chi connectivity index (χ1) is 12.6. The molecule has 0 unspecified atom stereocenters. The molecule has 0 spiro atoms. The van der Waals surface area contributed by atoms with Crippen LogP contribution in [0.5, 0.6) is 11.5 Å². The number of aromatic nitrogens is 3. The van der Waals surface area contributed by atoms with E-state index in [-0.39, 0.29) is 28.5 Å². The van der Waals surface area contributed by atoms with E-state index in [1.807, 2.05) is 0 Å². The first kappa shape index (κ1) is 16.8.